The molecule has 2 saturated heterocycles. The Morgan fingerprint density at radius 1 is 0.960 bits per heavy atom. The fraction of sp³-hybridized carbons (Fsp3) is 0.900. The molecule has 2 amide bonds. The molecular weight excluding hydrogens is 314 g/mol. The van der Waals surface area contributed by atoms with E-state index < -0.39 is 0 Å². The zero-order valence-corrected chi connectivity index (χ0v) is 15.7. The van der Waals surface area contributed by atoms with E-state index in [-0.39, 0.29) is 17.9 Å². The molecule has 2 heterocycles. The summed E-state index contributed by atoms with van der Waals surface area (Å²) in [6.45, 7) is 4.23. The molecule has 1 atom stereocenters. The first-order valence-electron chi connectivity index (χ1n) is 10.6. The molecule has 0 bridgehead atoms. The molecule has 3 rings (SSSR count). The minimum Gasteiger partial charge on any atom is -0.354 e. The van der Waals surface area contributed by atoms with Crippen LogP contribution in [0.3, 0.4) is 0 Å². The van der Waals surface area contributed by atoms with Crippen LogP contribution in [0.15, 0.2) is 0 Å². The van der Waals surface area contributed by atoms with Gasteiger partial charge in [-0.3, -0.25) is 9.59 Å². The van der Waals surface area contributed by atoms with Gasteiger partial charge in [0.1, 0.15) is 6.04 Å². The summed E-state index contributed by atoms with van der Waals surface area (Å²) in [7, 11) is 0. The van der Waals surface area contributed by atoms with E-state index in [1.807, 2.05) is 4.90 Å². The summed E-state index contributed by atoms with van der Waals surface area (Å²) >= 11 is 0. The van der Waals surface area contributed by atoms with Crippen molar-refractivity contribution < 1.29 is 9.59 Å². The van der Waals surface area contributed by atoms with Crippen molar-refractivity contribution in [1.29, 1.82) is 0 Å². The number of nitrogens with zero attached hydrogens (tertiary/aromatic N) is 2. The number of nitrogens with one attached hydrogen (secondary N) is 1. The second-order valence-corrected chi connectivity index (χ2v) is 8.05. The molecular formula is C20H35N3O2. The Morgan fingerprint density at radius 3 is 2.36 bits per heavy atom. The summed E-state index contributed by atoms with van der Waals surface area (Å²) in [4.78, 5) is 29.4. The topological polar surface area (TPSA) is 52.7 Å². The average Bonchev–Trinajstić information content (AvgIpc) is 2.84. The molecule has 1 saturated carbocycles. The van der Waals surface area contributed by atoms with Crippen molar-refractivity contribution >= 4 is 11.8 Å². The Hall–Kier alpha value is -1.10. The van der Waals surface area contributed by atoms with Crippen LogP contribution in [-0.4, -0.2) is 59.9 Å². The Balaban J connectivity index is 1.41. The van der Waals surface area contributed by atoms with Gasteiger partial charge in [-0.15, -0.1) is 0 Å². The summed E-state index contributed by atoms with van der Waals surface area (Å²) in [6, 6.07) is 0.0883. The third-order valence-corrected chi connectivity index (χ3v) is 6.18. The highest BCUT2D eigenvalue weighted by molar-refractivity contribution is 5.91. The summed E-state index contributed by atoms with van der Waals surface area (Å²) in [5.41, 5.74) is 0. The van der Waals surface area contributed by atoms with Crippen LogP contribution in [0.2, 0.25) is 0 Å². The van der Waals surface area contributed by atoms with E-state index >= 15 is 0 Å². The number of amides is 2. The molecule has 5 heteroatoms. The predicted molar refractivity (Wildman–Crippen MR) is 99.3 cm³/mol. The lowest BCUT2D eigenvalue weighted by atomic mass is 9.93. The van der Waals surface area contributed by atoms with E-state index in [9.17, 15) is 9.59 Å². The maximum absolute atomic E-state index is 12.6. The molecule has 3 aliphatic rings. The Morgan fingerprint density at radius 2 is 1.64 bits per heavy atom. The van der Waals surface area contributed by atoms with Crippen molar-refractivity contribution in [1.82, 2.24) is 15.1 Å². The quantitative estimate of drug-likeness (QED) is 0.750. The normalized spacial score (nSPS) is 26.6. The Bertz CT molecular complexity index is 440. The monoisotopic (exact) mass is 349 g/mol. The van der Waals surface area contributed by atoms with Crippen molar-refractivity contribution in [3.05, 3.63) is 0 Å². The molecule has 0 aromatic carbocycles. The van der Waals surface area contributed by atoms with Gasteiger partial charge in [0.05, 0.1) is 0 Å². The van der Waals surface area contributed by atoms with E-state index in [4.69, 9.17) is 0 Å². The van der Waals surface area contributed by atoms with E-state index in [0.717, 1.165) is 32.4 Å². The lowest BCUT2D eigenvalue weighted by Gasteiger charge is -2.35. The molecule has 0 radical (unpaired) electrons. The van der Waals surface area contributed by atoms with Crippen molar-refractivity contribution in [3.63, 3.8) is 0 Å². The molecule has 0 aromatic rings. The van der Waals surface area contributed by atoms with E-state index in [0.29, 0.717) is 18.9 Å². The molecule has 2 aliphatic heterocycles. The highest BCUT2D eigenvalue weighted by Crippen LogP contribution is 2.30. The minimum absolute atomic E-state index is 0.0762. The summed E-state index contributed by atoms with van der Waals surface area (Å²) in [6.07, 6.45) is 13.4. The van der Waals surface area contributed by atoms with Crippen molar-refractivity contribution in [2.45, 2.75) is 89.1 Å². The van der Waals surface area contributed by atoms with Crippen LogP contribution < -0.4 is 5.32 Å². The maximum atomic E-state index is 12.6. The predicted octanol–water partition coefficient (Wildman–Crippen LogP) is 2.69. The van der Waals surface area contributed by atoms with Gasteiger partial charge in [-0.1, -0.05) is 32.1 Å². The van der Waals surface area contributed by atoms with E-state index in [1.54, 1.807) is 0 Å². The molecule has 0 spiro atoms. The molecule has 3 fully saturated rings. The first kappa shape index (κ1) is 18.7. The molecule has 25 heavy (non-hydrogen) atoms. The van der Waals surface area contributed by atoms with Gasteiger partial charge in [0.25, 0.3) is 0 Å². The average molecular weight is 350 g/mol. The number of likely N-dealkylation sites (tertiary alicyclic amines) is 2. The van der Waals surface area contributed by atoms with Gasteiger partial charge < -0.3 is 15.1 Å². The SMILES string of the molecule is O=C(NCCCN1CCCCCC1)C1CCC(=O)N1C1CCCCC1. The van der Waals surface area contributed by atoms with Crippen LogP contribution in [0.1, 0.15) is 77.0 Å². The van der Waals surface area contributed by atoms with Crippen molar-refractivity contribution in [2.24, 2.45) is 0 Å². The van der Waals surface area contributed by atoms with Gasteiger partial charge in [0, 0.05) is 19.0 Å². The van der Waals surface area contributed by atoms with Gasteiger partial charge in [0.2, 0.25) is 11.8 Å². The first-order valence-corrected chi connectivity index (χ1v) is 10.6. The molecule has 1 aliphatic carbocycles. The molecule has 0 aromatic heterocycles. The molecule has 1 unspecified atom stereocenters. The van der Waals surface area contributed by atoms with Gasteiger partial charge in [-0.25, -0.2) is 0 Å². The summed E-state index contributed by atoms with van der Waals surface area (Å²) in [5.74, 6) is 0.268. The van der Waals surface area contributed by atoms with Gasteiger partial charge in [-0.2, -0.15) is 0 Å². The van der Waals surface area contributed by atoms with Crippen LogP contribution in [0, 0.1) is 0 Å². The second-order valence-electron chi connectivity index (χ2n) is 8.05. The molecule has 1 N–H and O–H groups in total. The van der Waals surface area contributed by atoms with Crippen LogP contribution >= 0.6 is 0 Å². The fourth-order valence-corrected chi connectivity index (χ4v) is 4.77. The summed E-state index contributed by atoms with van der Waals surface area (Å²) < 4.78 is 0. The number of rotatable bonds is 6. The number of carbonyl (C=O) groups is 2. The van der Waals surface area contributed by atoms with Gasteiger partial charge >= 0.3 is 0 Å². The zero-order valence-electron chi connectivity index (χ0n) is 15.7. The van der Waals surface area contributed by atoms with Crippen LogP contribution in [0.5, 0.6) is 0 Å². The first-order chi connectivity index (χ1) is 12.3. The van der Waals surface area contributed by atoms with E-state index in [1.165, 1.54) is 58.0 Å². The lowest BCUT2D eigenvalue weighted by molar-refractivity contribution is -0.138. The highest BCUT2D eigenvalue weighted by Gasteiger charge is 2.40. The zero-order chi connectivity index (χ0) is 17.5. The van der Waals surface area contributed by atoms with Gasteiger partial charge in [0.15, 0.2) is 0 Å². The highest BCUT2D eigenvalue weighted by atomic mass is 16.2. The Kier molecular flexibility index (Phi) is 7.14. The maximum Gasteiger partial charge on any atom is 0.242 e. The fourth-order valence-electron chi connectivity index (χ4n) is 4.77. The minimum atomic E-state index is -0.214. The Labute approximate surface area is 152 Å². The number of hydrogen-bond acceptors (Lipinski definition) is 3. The standard InChI is InChI=1S/C20H35N3O2/c24-19-12-11-18(23(19)17-9-4-3-5-10-17)20(25)21-13-8-16-22-14-6-1-2-7-15-22/h17-18H,1-16H2,(H,21,25). The summed E-state index contributed by atoms with van der Waals surface area (Å²) in [5, 5.41) is 3.11. The second kappa shape index (κ2) is 9.56. The largest absolute Gasteiger partial charge is 0.354 e. The lowest BCUT2D eigenvalue weighted by Crippen LogP contribution is -2.50. The molecule has 5 nitrogen and oxygen atoms in total. The number of hydrogen-bond donors (Lipinski definition) is 1. The third kappa shape index (κ3) is 5.19. The van der Waals surface area contributed by atoms with E-state index in [2.05, 4.69) is 10.2 Å². The van der Waals surface area contributed by atoms with Gasteiger partial charge in [-0.05, 0) is 58.2 Å². The van der Waals surface area contributed by atoms with Crippen molar-refractivity contribution in [2.75, 3.05) is 26.2 Å². The van der Waals surface area contributed by atoms with Crippen LogP contribution in [0.4, 0.5) is 0 Å². The van der Waals surface area contributed by atoms with Crippen LogP contribution in [0.25, 0.3) is 0 Å². The van der Waals surface area contributed by atoms with Crippen LogP contribution in [-0.2, 0) is 9.59 Å². The van der Waals surface area contributed by atoms with Crippen molar-refractivity contribution in [3.8, 4) is 0 Å². The third-order valence-electron chi connectivity index (χ3n) is 6.18. The molecule has 142 valence electrons. The smallest absolute Gasteiger partial charge is 0.242 e. The number of carbonyl (C=O) groups excluding carboxylic acids is 2.